The lowest BCUT2D eigenvalue weighted by molar-refractivity contribution is -0.167. The van der Waals surface area contributed by atoms with Gasteiger partial charge in [-0.15, -0.1) is 0 Å². The van der Waals surface area contributed by atoms with Crippen molar-refractivity contribution < 1.29 is 28.6 Å². The van der Waals surface area contributed by atoms with E-state index >= 15 is 0 Å². The Morgan fingerprint density at radius 1 is 0.288 bits per heavy atom. The molecule has 1 atom stereocenters. The van der Waals surface area contributed by atoms with Crippen LogP contribution >= 0.6 is 0 Å². The van der Waals surface area contributed by atoms with Crippen LogP contribution in [0.2, 0.25) is 0 Å². The van der Waals surface area contributed by atoms with E-state index in [9.17, 15) is 14.4 Å². The van der Waals surface area contributed by atoms with E-state index in [0.29, 0.717) is 19.3 Å². The first kappa shape index (κ1) is 57.4. The first-order valence-electron chi connectivity index (χ1n) is 26.1. The minimum absolute atomic E-state index is 0.0647. The summed E-state index contributed by atoms with van der Waals surface area (Å²) in [6.07, 6.45) is 43.8. The highest BCUT2D eigenvalue weighted by molar-refractivity contribution is 5.71. The van der Waals surface area contributed by atoms with Gasteiger partial charge in [0.2, 0.25) is 0 Å². The van der Waals surface area contributed by atoms with Crippen LogP contribution < -0.4 is 0 Å². The third-order valence-corrected chi connectivity index (χ3v) is 11.9. The number of unbranched alkanes of at least 4 members (excludes halogenated alkanes) is 29. The third-order valence-electron chi connectivity index (χ3n) is 11.9. The molecule has 0 rings (SSSR count). The fourth-order valence-corrected chi connectivity index (χ4v) is 7.94. The number of hydrogen-bond donors (Lipinski definition) is 0. The van der Waals surface area contributed by atoms with Crippen molar-refractivity contribution in [1.29, 1.82) is 0 Å². The Bertz CT molecular complexity index is 914. The lowest BCUT2D eigenvalue weighted by Gasteiger charge is -2.18. The molecular formula is C53H102O6. The normalized spacial score (nSPS) is 12.2. The van der Waals surface area contributed by atoms with Gasteiger partial charge in [0.15, 0.2) is 6.10 Å². The molecule has 6 heteroatoms. The zero-order valence-corrected chi connectivity index (χ0v) is 40.5. The molecule has 0 radical (unpaired) electrons. The largest absolute Gasteiger partial charge is 0.462 e. The average Bonchev–Trinajstić information content (AvgIpc) is 3.19. The standard InChI is InChI=1S/C53H102O6/c1-47(2)39-33-27-21-15-10-8-7-9-11-18-24-30-36-42-51(54)57-45-50(46-58-52(55)43-37-31-25-20-14-17-23-29-35-41-49(5)6)59-53(56)44-38-32-26-19-13-12-16-22-28-34-40-48(3)4/h47-50H,7-46H2,1-6H3/t50-/m1/s1. The number of rotatable bonds is 46. The Morgan fingerprint density at radius 2 is 0.492 bits per heavy atom. The van der Waals surface area contributed by atoms with Crippen LogP contribution in [0.1, 0.15) is 286 Å². The van der Waals surface area contributed by atoms with E-state index in [-0.39, 0.29) is 31.1 Å². The number of hydrogen-bond acceptors (Lipinski definition) is 6. The first-order chi connectivity index (χ1) is 28.6. The second kappa shape index (κ2) is 44.5. The molecular weight excluding hydrogens is 733 g/mol. The molecule has 0 saturated heterocycles. The quantitative estimate of drug-likeness (QED) is 0.0345. The van der Waals surface area contributed by atoms with Crippen LogP contribution in [0.5, 0.6) is 0 Å². The highest BCUT2D eigenvalue weighted by atomic mass is 16.6. The van der Waals surface area contributed by atoms with Crippen molar-refractivity contribution in [3.8, 4) is 0 Å². The van der Waals surface area contributed by atoms with Crippen molar-refractivity contribution in [1.82, 2.24) is 0 Å². The van der Waals surface area contributed by atoms with Crippen LogP contribution in [0, 0.1) is 17.8 Å². The average molecular weight is 835 g/mol. The third kappa shape index (κ3) is 47.3. The van der Waals surface area contributed by atoms with Gasteiger partial charge >= 0.3 is 17.9 Å². The van der Waals surface area contributed by atoms with Crippen molar-refractivity contribution >= 4 is 17.9 Å². The minimum atomic E-state index is -0.763. The highest BCUT2D eigenvalue weighted by Crippen LogP contribution is 2.18. The number of carbonyl (C=O) groups is 3. The Balaban J connectivity index is 4.31. The van der Waals surface area contributed by atoms with Gasteiger partial charge in [-0.05, 0) is 37.0 Å². The number of ether oxygens (including phenoxy) is 3. The summed E-state index contributed by atoms with van der Waals surface area (Å²) in [5.41, 5.74) is 0. The van der Waals surface area contributed by atoms with Crippen LogP contribution in [-0.2, 0) is 28.6 Å². The molecule has 0 heterocycles. The fourth-order valence-electron chi connectivity index (χ4n) is 7.94. The zero-order valence-electron chi connectivity index (χ0n) is 40.5. The van der Waals surface area contributed by atoms with Crippen molar-refractivity contribution in [2.45, 2.75) is 292 Å². The molecule has 0 amide bonds. The summed E-state index contributed by atoms with van der Waals surface area (Å²) in [6.45, 7) is 13.7. The Labute approximate surface area is 368 Å². The Morgan fingerprint density at radius 3 is 0.729 bits per heavy atom. The van der Waals surface area contributed by atoms with E-state index in [1.807, 2.05) is 0 Å². The molecule has 0 fully saturated rings. The van der Waals surface area contributed by atoms with E-state index in [2.05, 4.69) is 41.5 Å². The lowest BCUT2D eigenvalue weighted by atomic mass is 10.0. The molecule has 0 aliphatic rings. The van der Waals surface area contributed by atoms with Crippen molar-refractivity contribution in [2.24, 2.45) is 17.8 Å². The number of esters is 3. The van der Waals surface area contributed by atoms with E-state index in [1.165, 1.54) is 167 Å². The molecule has 0 saturated carbocycles. The lowest BCUT2D eigenvalue weighted by Crippen LogP contribution is -2.30. The summed E-state index contributed by atoms with van der Waals surface area (Å²) in [4.78, 5) is 37.9. The maximum Gasteiger partial charge on any atom is 0.306 e. The van der Waals surface area contributed by atoms with Gasteiger partial charge < -0.3 is 14.2 Å². The molecule has 6 nitrogen and oxygen atoms in total. The van der Waals surface area contributed by atoms with Crippen LogP contribution in [-0.4, -0.2) is 37.2 Å². The predicted octanol–water partition coefficient (Wildman–Crippen LogP) is 16.8. The molecule has 0 N–H and O–H groups in total. The van der Waals surface area contributed by atoms with Crippen LogP contribution in [0.25, 0.3) is 0 Å². The van der Waals surface area contributed by atoms with Gasteiger partial charge in [-0.3, -0.25) is 14.4 Å². The monoisotopic (exact) mass is 835 g/mol. The van der Waals surface area contributed by atoms with Gasteiger partial charge in [0.1, 0.15) is 13.2 Å². The predicted molar refractivity (Wildman–Crippen MR) is 252 cm³/mol. The molecule has 0 bridgehead atoms. The summed E-state index contributed by atoms with van der Waals surface area (Å²) >= 11 is 0. The zero-order chi connectivity index (χ0) is 43.4. The van der Waals surface area contributed by atoms with Crippen molar-refractivity contribution in [3.63, 3.8) is 0 Å². The van der Waals surface area contributed by atoms with Crippen LogP contribution in [0.15, 0.2) is 0 Å². The molecule has 350 valence electrons. The summed E-state index contributed by atoms with van der Waals surface area (Å²) in [7, 11) is 0. The van der Waals surface area contributed by atoms with Crippen LogP contribution in [0.4, 0.5) is 0 Å². The molecule has 0 aliphatic heterocycles. The molecule has 0 aromatic carbocycles. The summed E-state index contributed by atoms with van der Waals surface area (Å²) in [6, 6.07) is 0. The second-order valence-corrected chi connectivity index (χ2v) is 19.6. The summed E-state index contributed by atoms with van der Waals surface area (Å²) in [5, 5.41) is 0. The smallest absolute Gasteiger partial charge is 0.306 e. The first-order valence-corrected chi connectivity index (χ1v) is 26.1. The summed E-state index contributed by atoms with van der Waals surface area (Å²) < 4.78 is 16.8. The van der Waals surface area contributed by atoms with Gasteiger partial charge in [0.05, 0.1) is 0 Å². The van der Waals surface area contributed by atoms with Gasteiger partial charge in [0.25, 0.3) is 0 Å². The summed E-state index contributed by atoms with van der Waals surface area (Å²) in [5.74, 6) is 1.61. The van der Waals surface area contributed by atoms with Gasteiger partial charge in [0, 0.05) is 19.3 Å². The van der Waals surface area contributed by atoms with Crippen molar-refractivity contribution in [2.75, 3.05) is 13.2 Å². The Hall–Kier alpha value is -1.59. The molecule has 0 spiro atoms. The maximum atomic E-state index is 12.8. The molecule has 0 aromatic rings. The van der Waals surface area contributed by atoms with Crippen molar-refractivity contribution in [3.05, 3.63) is 0 Å². The number of carbonyl (C=O) groups excluding carboxylic acids is 3. The molecule has 0 aliphatic carbocycles. The van der Waals surface area contributed by atoms with Crippen LogP contribution in [0.3, 0.4) is 0 Å². The molecule has 0 unspecified atom stereocenters. The molecule has 0 aromatic heterocycles. The van der Waals surface area contributed by atoms with Gasteiger partial charge in [-0.1, -0.05) is 247 Å². The minimum Gasteiger partial charge on any atom is -0.462 e. The highest BCUT2D eigenvalue weighted by Gasteiger charge is 2.19. The van der Waals surface area contributed by atoms with E-state index < -0.39 is 6.10 Å². The SMILES string of the molecule is CC(C)CCCCCCCCCCCCCCCC(=O)OC[C@H](COC(=O)CCCCCCCCCCCC(C)C)OC(=O)CCCCCCCCCCCCC(C)C. The Kier molecular flexibility index (Phi) is 43.3. The van der Waals surface area contributed by atoms with Gasteiger partial charge in [-0.2, -0.15) is 0 Å². The van der Waals surface area contributed by atoms with E-state index in [1.54, 1.807) is 0 Å². The van der Waals surface area contributed by atoms with E-state index in [0.717, 1.165) is 75.5 Å². The maximum absolute atomic E-state index is 12.8. The topological polar surface area (TPSA) is 78.9 Å². The van der Waals surface area contributed by atoms with Gasteiger partial charge in [-0.25, -0.2) is 0 Å². The molecule has 59 heavy (non-hydrogen) atoms. The second-order valence-electron chi connectivity index (χ2n) is 19.6. The fraction of sp³-hybridized carbons (Fsp3) is 0.943. The van der Waals surface area contributed by atoms with E-state index in [4.69, 9.17) is 14.2 Å².